The number of hydrogen-bond donors (Lipinski definition) is 1. The molecule has 1 heterocycles. The highest BCUT2D eigenvalue weighted by molar-refractivity contribution is 5.32. The third-order valence-corrected chi connectivity index (χ3v) is 5.28. The van der Waals surface area contributed by atoms with E-state index in [4.69, 9.17) is 0 Å². The van der Waals surface area contributed by atoms with Crippen molar-refractivity contribution < 1.29 is 0 Å². The van der Waals surface area contributed by atoms with Crippen LogP contribution in [-0.2, 0) is 0 Å². The van der Waals surface area contributed by atoms with Gasteiger partial charge in [0.2, 0.25) is 0 Å². The Morgan fingerprint density at radius 2 is 1.67 bits per heavy atom. The van der Waals surface area contributed by atoms with Crippen LogP contribution in [-0.4, -0.2) is 30.6 Å². The Labute approximate surface area is 130 Å². The fourth-order valence-electron chi connectivity index (χ4n) is 4.03. The quantitative estimate of drug-likeness (QED) is 0.872. The summed E-state index contributed by atoms with van der Waals surface area (Å²) in [6.45, 7) is 11.7. The number of benzene rings is 1. The fourth-order valence-corrected chi connectivity index (χ4v) is 4.03. The van der Waals surface area contributed by atoms with E-state index < -0.39 is 0 Å². The summed E-state index contributed by atoms with van der Waals surface area (Å²) < 4.78 is 0. The van der Waals surface area contributed by atoms with Crippen molar-refractivity contribution in [2.45, 2.75) is 65.0 Å². The second-order valence-corrected chi connectivity index (χ2v) is 6.90. The van der Waals surface area contributed by atoms with E-state index >= 15 is 0 Å². The molecule has 1 N–H and O–H groups in total. The van der Waals surface area contributed by atoms with Crippen LogP contribution in [0.5, 0.6) is 0 Å². The molecule has 0 aromatic heterocycles. The molecule has 0 saturated carbocycles. The summed E-state index contributed by atoms with van der Waals surface area (Å²) in [4.78, 5) is 2.72. The first kappa shape index (κ1) is 16.5. The van der Waals surface area contributed by atoms with Crippen LogP contribution < -0.4 is 5.32 Å². The van der Waals surface area contributed by atoms with Crippen LogP contribution >= 0.6 is 0 Å². The van der Waals surface area contributed by atoms with Crippen molar-refractivity contribution in [1.82, 2.24) is 10.2 Å². The molecule has 1 saturated heterocycles. The summed E-state index contributed by atoms with van der Waals surface area (Å²) >= 11 is 0. The van der Waals surface area contributed by atoms with Crippen molar-refractivity contribution in [3.63, 3.8) is 0 Å². The van der Waals surface area contributed by atoms with Gasteiger partial charge in [0.1, 0.15) is 0 Å². The van der Waals surface area contributed by atoms with Crippen LogP contribution in [0.3, 0.4) is 0 Å². The molecule has 2 rings (SSSR count). The first-order valence-electron chi connectivity index (χ1n) is 8.51. The second-order valence-electron chi connectivity index (χ2n) is 6.90. The molecule has 1 aromatic carbocycles. The minimum Gasteiger partial charge on any atom is -0.311 e. The van der Waals surface area contributed by atoms with Gasteiger partial charge in [-0.25, -0.2) is 0 Å². The SMILES string of the molecule is CCC(C)(C(NC)c1cc(C)cc(C)c1)N1CCCCC1. The molecule has 2 heteroatoms. The molecule has 21 heavy (non-hydrogen) atoms. The number of nitrogens with zero attached hydrogens (tertiary/aromatic N) is 1. The number of aryl methyl sites for hydroxylation is 2. The standard InChI is InChI=1S/C19H32N2/c1-6-19(4,21-10-8-7-9-11-21)18(20-5)17-13-15(2)12-16(3)14-17/h12-14,18,20H,6-11H2,1-5H3. The molecule has 0 spiro atoms. The number of hydrogen-bond acceptors (Lipinski definition) is 2. The minimum absolute atomic E-state index is 0.190. The van der Waals surface area contributed by atoms with Gasteiger partial charge in [-0.15, -0.1) is 0 Å². The summed E-state index contributed by atoms with van der Waals surface area (Å²) in [5.74, 6) is 0. The molecule has 0 aliphatic carbocycles. The summed E-state index contributed by atoms with van der Waals surface area (Å²) in [6, 6.07) is 7.36. The Morgan fingerprint density at radius 1 is 1.10 bits per heavy atom. The monoisotopic (exact) mass is 288 g/mol. The maximum atomic E-state index is 3.62. The molecule has 1 aliphatic rings. The smallest absolute Gasteiger partial charge is 0.0502 e. The van der Waals surface area contributed by atoms with Crippen molar-refractivity contribution >= 4 is 0 Å². The first-order valence-corrected chi connectivity index (χ1v) is 8.51. The van der Waals surface area contributed by atoms with E-state index in [9.17, 15) is 0 Å². The molecule has 2 unspecified atom stereocenters. The number of rotatable bonds is 5. The van der Waals surface area contributed by atoms with Gasteiger partial charge in [-0.1, -0.05) is 42.7 Å². The minimum atomic E-state index is 0.190. The van der Waals surface area contributed by atoms with Crippen LogP contribution in [0.2, 0.25) is 0 Å². The van der Waals surface area contributed by atoms with E-state index in [0.717, 1.165) is 0 Å². The maximum Gasteiger partial charge on any atom is 0.0502 e. The Hall–Kier alpha value is -0.860. The largest absolute Gasteiger partial charge is 0.311 e. The highest BCUT2D eigenvalue weighted by Gasteiger charge is 2.38. The van der Waals surface area contributed by atoms with Crippen molar-refractivity contribution in [3.05, 3.63) is 34.9 Å². The molecule has 1 aliphatic heterocycles. The topological polar surface area (TPSA) is 15.3 Å². The van der Waals surface area contributed by atoms with Gasteiger partial charge >= 0.3 is 0 Å². The summed E-state index contributed by atoms with van der Waals surface area (Å²) in [5, 5.41) is 3.62. The number of piperidine rings is 1. The third-order valence-electron chi connectivity index (χ3n) is 5.28. The Morgan fingerprint density at radius 3 is 2.14 bits per heavy atom. The molecular formula is C19H32N2. The van der Waals surface area contributed by atoms with Gasteiger partial charge in [0, 0.05) is 5.54 Å². The molecule has 0 amide bonds. The Bertz CT molecular complexity index is 442. The molecule has 2 nitrogen and oxygen atoms in total. The summed E-state index contributed by atoms with van der Waals surface area (Å²) in [6.07, 6.45) is 5.26. The van der Waals surface area contributed by atoms with Crippen molar-refractivity contribution in [2.24, 2.45) is 0 Å². The molecule has 118 valence electrons. The second kappa shape index (κ2) is 6.93. The van der Waals surface area contributed by atoms with E-state index in [1.807, 2.05) is 0 Å². The van der Waals surface area contributed by atoms with Gasteiger partial charge in [0.25, 0.3) is 0 Å². The third kappa shape index (κ3) is 3.49. The highest BCUT2D eigenvalue weighted by atomic mass is 15.2. The van der Waals surface area contributed by atoms with Gasteiger partial charge < -0.3 is 5.32 Å². The predicted octanol–water partition coefficient (Wildman–Crippen LogP) is 4.22. The van der Waals surface area contributed by atoms with Gasteiger partial charge in [0.15, 0.2) is 0 Å². The molecule has 1 aromatic rings. The van der Waals surface area contributed by atoms with Crippen molar-refractivity contribution in [3.8, 4) is 0 Å². The Kier molecular flexibility index (Phi) is 5.45. The van der Waals surface area contributed by atoms with E-state index in [1.54, 1.807) is 0 Å². The van der Waals surface area contributed by atoms with E-state index in [-0.39, 0.29) is 5.54 Å². The summed E-state index contributed by atoms with van der Waals surface area (Å²) in [7, 11) is 2.11. The zero-order chi connectivity index (χ0) is 15.5. The average Bonchev–Trinajstić information content (AvgIpc) is 2.47. The van der Waals surface area contributed by atoms with E-state index in [2.05, 4.69) is 63.2 Å². The van der Waals surface area contributed by atoms with Crippen LogP contribution in [0.4, 0.5) is 0 Å². The van der Waals surface area contributed by atoms with E-state index in [1.165, 1.54) is 55.5 Å². The van der Waals surface area contributed by atoms with Crippen molar-refractivity contribution in [2.75, 3.05) is 20.1 Å². The lowest BCUT2D eigenvalue weighted by Crippen LogP contribution is -2.55. The number of likely N-dealkylation sites (N-methyl/N-ethyl adjacent to an activating group) is 1. The van der Waals surface area contributed by atoms with Crippen molar-refractivity contribution in [1.29, 1.82) is 0 Å². The van der Waals surface area contributed by atoms with Crippen LogP contribution in [0.15, 0.2) is 18.2 Å². The van der Waals surface area contributed by atoms with Crippen LogP contribution in [0.25, 0.3) is 0 Å². The lowest BCUT2D eigenvalue weighted by molar-refractivity contribution is 0.0448. The maximum absolute atomic E-state index is 3.62. The zero-order valence-electron chi connectivity index (χ0n) is 14.5. The average molecular weight is 288 g/mol. The van der Waals surface area contributed by atoms with Gasteiger partial charge in [0.05, 0.1) is 6.04 Å². The first-order chi connectivity index (χ1) is 10.0. The normalized spacial score (nSPS) is 21.0. The molecule has 0 radical (unpaired) electrons. The fraction of sp³-hybridized carbons (Fsp3) is 0.684. The number of nitrogens with one attached hydrogen (secondary N) is 1. The lowest BCUT2D eigenvalue weighted by atomic mass is 9.81. The van der Waals surface area contributed by atoms with E-state index in [0.29, 0.717) is 6.04 Å². The van der Waals surface area contributed by atoms with Gasteiger partial charge in [-0.2, -0.15) is 0 Å². The lowest BCUT2D eigenvalue weighted by Gasteiger charge is -2.48. The van der Waals surface area contributed by atoms with Gasteiger partial charge in [-0.05, 0) is 65.7 Å². The molecular weight excluding hydrogens is 256 g/mol. The van der Waals surface area contributed by atoms with Crippen LogP contribution in [0.1, 0.15) is 62.3 Å². The van der Waals surface area contributed by atoms with Crippen LogP contribution in [0, 0.1) is 13.8 Å². The molecule has 1 fully saturated rings. The summed E-state index contributed by atoms with van der Waals surface area (Å²) in [5.41, 5.74) is 4.35. The Balaban J connectivity index is 2.35. The zero-order valence-corrected chi connectivity index (χ0v) is 14.5. The molecule has 0 bridgehead atoms. The highest BCUT2D eigenvalue weighted by Crippen LogP contribution is 2.36. The number of likely N-dealkylation sites (tertiary alicyclic amines) is 1. The predicted molar refractivity (Wildman–Crippen MR) is 91.8 cm³/mol. The van der Waals surface area contributed by atoms with Gasteiger partial charge in [-0.3, -0.25) is 4.90 Å². The molecule has 2 atom stereocenters.